The third-order valence-electron chi connectivity index (χ3n) is 6.65. The summed E-state index contributed by atoms with van der Waals surface area (Å²) in [4.78, 5) is 15.7. The fraction of sp³-hybridized carbons (Fsp3) is 0.345. The normalized spacial score (nSPS) is 19.2. The van der Waals surface area contributed by atoms with Gasteiger partial charge in [0, 0.05) is 13.1 Å². The van der Waals surface area contributed by atoms with E-state index in [-0.39, 0.29) is 11.8 Å². The van der Waals surface area contributed by atoms with Gasteiger partial charge in [0.05, 0.1) is 5.41 Å². The van der Waals surface area contributed by atoms with Gasteiger partial charge >= 0.3 is 0 Å². The number of nitrogens with zero attached hydrogens (tertiary/aromatic N) is 1. The fourth-order valence-corrected chi connectivity index (χ4v) is 4.89. The van der Waals surface area contributed by atoms with Crippen molar-refractivity contribution in [2.24, 2.45) is 11.7 Å². The molecule has 1 unspecified atom stereocenters. The number of rotatable bonds is 11. The molecule has 1 amide bonds. The van der Waals surface area contributed by atoms with Crippen molar-refractivity contribution >= 4 is 5.91 Å². The van der Waals surface area contributed by atoms with Crippen molar-refractivity contribution in [3.63, 3.8) is 0 Å². The zero-order chi connectivity index (χ0) is 23.5. The molecule has 2 aromatic carbocycles. The van der Waals surface area contributed by atoms with Crippen LogP contribution in [0.25, 0.3) is 0 Å². The number of allylic oxidation sites excluding steroid dienone is 5. The van der Waals surface area contributed by atoms with Gasteiger partial charge in [-0.1, -0.05) is 85.0 Å². The summed E-state index contributed by atoms with van der Waals surface area (Å²) >= 11 is 0. The number of benzene rings is 2. The van der Waals surface area contributed by atoms with Gasteiger partial charge in [0.15, 0.2) is 0 Å². The van der Waals surface area contributed by atoms with Gasteiger partial charge in [-0.15, -0.1) is 0 Å². The monoisotopic (exact) mass is 444 g/mol. The fourth-order valence-electron chi connectivity index (χ4n) is 4.89. The largest absolute Gasteiger partial charge is 0.492 e. The van der Waals surface area contributed by atoms with E-state index in [1.54, 1.807) is 6.08 Å². The number of carbonyl (C=O) groups is 1. The number of carbonyl (C=O) groups excluding carboxylic acids is 1. The lowest BCUT2D eigenvalue weighted by Crippen LogP contribution is -2.53. The maximum absolute atomic E-state index is 13.3. The highest BCUT2D eigenvalue weighted by atomic mass is 16.5. The maximum atomic E-state index is 13.3. The summed E-state index contributed by atoms with van der Waals surface area (Å²) < 4.78 is 5.93. The number of hydrogen-bond acceptors (Lipinski definition) is 3. The molecule has 1 aliphatic heterocycles. The molecule has 0 saturated carbocycles. The van der Waals surface area contributed by atoms with Gasteiger partial charge in [-0.3, -0.25) is 9.69 Å². The molecule has 4 heteroatoms. The van der Waals surface area contributed by atoms with Crippen molar-refractivity contribution in [2.45, 2.75) is 31.6 Å². The van der Waals surface area contributed by atoms with Crippen LogP contribution < -0.4 is 10.5 Å². The van der Waals surface area contributed by atoms with E-state index < -0.39 is 5.41 Å². The maximum Gasteiger partial charge on any atom is 0.228 e. The Labute approximate surface area is 198 Å². The Morgan fingerprint density at radius 3 is 2.52 bits per heavy atom. The summed E-state index contributed by atoms with van der Waals surface area (Å²) in [7, 11) is 0. The minimum atomic E-state index is -0.770. The predicted octanol–water partition coefficient (Wildman–Crippen LogP) is 5.28. The Morgan fingerprint density at radius 2 is 1.88 bits per heavy atom. The van der Waals surface area contributed by atoms with Gasteiger partial charge in [-0.2, -0.15) is 0 Å². The molecular formula is C29H36N2O2. The molecule has 1 fully saturated rings. The Balaban J connectivity index is 1.83. The van der Waals surface area contributed by atoms with Crippen LogP contribution in [0.3, 0.4) is 0 Å². The Hall–Kier alpha value is -3.11. The van der Waals surface area contributed by atoms with E-state index in [0.29, 0.717) is 13.0 Å². The van der Waals surface area contributed by atoms with Crippen LogP contribution in [0.15, 0.2) is 97.1 Å². The SMILES string of the molecule is C=C/C=C\C(=C/C)CC(C(N)=O)(c1ccccc1)[C@H]1CCCN(CCOc2ccccc2)C1. The van der Waals surface area contributed by atoms with Crippen LogP contribution in [0.1, 0.15) is 31.7 Å². The zero-order valence-corrected chi connectivity index (χ0v) is 19.7. The first-order chi connectivity index (χ1) is 16.1. The molecule has 0 radical (unpaired) electrons. The Kier molecular flexibility index (Phi) is 9.08. The lowest BCUT2D eigenvalue weighted by molar-refractivity contribution is -0.126. The summed E-state index contributed by atoms with van der Waals surface area (Å²) in [5.41, 5.74) is 7.55. The molecule has 2 aromatic rings. The third-order valence-corrected chi connectivity index (χ3v) is 6.65. The molecule has 0 bridgehead atoms. The lowest BCUT2D eigenvalue weighted by atomic mass is 9.63. The molecular weight excluding hydrogens is 408 g/mol. The third kappa shape index (κ3) is 6.23. The highest BCUT2D eigenvalue weighted by Crippen LogP contribution is 2.42. The molecule has 3 rings (SSSR count). The molecule has 0 aliphatic carbocycles. The van der Waals surface area contributed by atoms with Gasteiger partial charge < -0.3 is 10.5 Å². The average Bonchev–Trinajstić information content (AvgIpc) is 2.85. The van der Waals surface area contributed by atoms with E-state index in [4.69, 9.17) is 10.5 Å². The summed E-state index contributed by atoms with van der Waals surface area (Å²) in [6.07, 6.45) is 10.3. The van der Waals surface area contributed by atoms with E-state index >= 15 is 0 Å². The van der Waals surface area contributed by atoms with Crippen LogP contribution in [0, 0.1) is 5.92 Å². The first kappa shape index (κ1) is 24.5. The van der Waals surface area contributed by atoms with Crippen LogP contribution in [-0.4, -0.2) is 37.0 Å². The second kappa shape index (κ2) is 12.2. The van der Waals surface area contributed by atoms with E-state index in [1.807, 2.05) is 79.7 Å². The predicted molar refractivity (Wildman–Crippen MR) is 136 cm³/mol. The zero-order valence-electron chi connectivity index (χ0n) is 19.7. The highest BCUT2D eigenvalue weighted by Gasteiger charge is 2.47. The minimum absolute atomic E-state index is 0.120. The van der Waals surface area contributed by atoms with Crippen molar-refractivity contribution in [3.8, 4) is 5.75 Å². The van der Waals surface area contributed by atoms with Crippen molar-refractivity contribution in [2.75, 3.05) is 26.2 Å². The lowest BCUT2D eigenvalue weighted by Gasteiger charge is -2.44. The number of hydrogen-bond donors (Lipinski definition) is 1. The first-order valence-electron chi connectivity index (χ1n) is 11.8. The average molecular weight is 445 g/mol. The molecule has 1 aliphatic rings. The van der Waals surface area contributed by atoms with Gasteiger partial charge in [-0.05, 0) is 56.3 Å². The second-order valence-electron chi connectivity index (χ2n) is 8.64. The van der Waals surface area contributed by atoms with Gasteiger partial charge in [0.25, 0.3) is 0 Å². The molecule has 2 N–H and O–H groups in total. The molecule has 0 aromatic heterocycles. The minimum Gasteiger partial charge on any atom is -0.492 e. The van der Waals surface area contributed by atoms with Crippen LogP contribution in [-0.2, 0) is 10.2 Å². The van der Waals surface area contributed by atoms with Crippen LogP contribution in [0.5, 0.6) is 5.75 Å². The van der Waals surface area contributed by atoms with E-state index in [9.17, 15) is 4.79 Å². The standard InChI is InChI=1S/C29H36N2O2/c1-3-5-13-24(4-2)22-29(28(30)32,25-14-8-6-9-15-25)26-16-12-19-31(23-26)20-21-33-27-17-10-7-11-18-27/h3-11,13-15,17-18,26H,1,12,16,19-23H2,2H3,(H2,30,32)/b13-5-,24-4+/t26-,29?/m0/s1. The van der Waals surface area contributed by atoms with E-state index in [2.05, 4.69) is 17.6 Å². The van der Waals surface area contributed by atoms with Crippen molar-refractivity contribution < 1.29 is 9.53 Å². The number of amides is 1. The number of likely N-dealkylation sites (tertiary alicyclic amines) is 1. The molecule has 33 heavy (non-hydrogen) atoms. The quantitative estimate of drug-likeness (QED) is 0.480. The summed E-state index contributed by atoms with van der Waals surface area (Å²) in [6, 6.07) is 20.0. The summed E-state index contributed by atoms with van der Waals surface area (Å²) in [5.74, 6) is 0.746. The van der Waals surface area contributed by atoms with E-state index in [0.717, 1.165) is 49.4 Å². The topological polar surface area (TPSA) is 55.6 Å². The molecule has 4 nitrogen and oxygen atoms in total. The molecule has 0 spiro atoms. The Morgan fingerprint density at radius 1 is 1.18 bits per heavy atom. The number of ether oxygens (including phenoxy) is 1. The number of piperidine rings is 1. The van der Waals surface area contributed by atoms with Crippen molar-refractivity contribution in [3.05, 3.63) is 103 Å². The molecule has 1 saturated heterocycles. The van der Waals surface area contributed by atoms with Gasteiger partial charge in [-0.25, -0.2) is 0 Å². The number of para-hydroxylation sites is 1. The molecule has 174 valence electrons. The van der Waals surface area contributed by atoms with Crippen molar-refractivity contribution in [1.82, 2.24) is 4.90 Å². The van der Waals surface area contributed by atoms with Gasteiger partial charge in [0.2, 0.25) is 5.91 Å². The Bertz CT molecular complexity index is 952. The highest BCUT2D eigenvalue weighted by molar-refractivity contribution is 5.87. The second-order valence-corrected chi connectivity index (χ2v) is 8.64. The van der Waals surface area contributed by atoms with E-state index in [1.165, 1.54) is 0 Å². The number of primary amides is 1. The van der Waals surface area contributed by atoms with Crippen molar-refractivity contribution in [1.29, 1.82) is 0 Å². The first-order valence-corrected chi connectivity index (χ1v) is 11.8. The van der Waals surface area contributed by atoms with Crippen LogP contribution in [0.2, 0.25) is 0 Å². The summed E-state index contributed by atoms with van der Waals surface area (Å²) in [6.45, 7) is 9.05. The van der Waals surface area contributed by atoms with Gasteiger partial charge in [0.1, 0.15) is 12.4 Å². The van der Waals surface area contributed by atoms with Crippen LogP contribution in [0.4, 0.5) is 0 Å². The smallest absolute Gasteiger partial charge is 0.228 e. The van der Waals surface area contributed by atoms with Crippen LogP contribution >= 0.6 is 0 Å². The number of nitrogens with two attached hydrogens (primary N) is 1. The summed E-state index contributed by atoms with van der Waals surface area (Å²) in [5, 5.41) is 0. The molecule has 1 heterocycles. The molecule has 2 atom stereocenters.